The number of thiol groups is 1. The molecule has 1 rings (SSSR count). The summed E-state index contributed by atoms with van der Waals surface area (Å²) in [5, 5.41) is 14.6. The standard InChI is InChI=1S/C19H35N7O5S2/c1-33-9-6-12(24-15(27)11(20)10-32)17(29)26-8-3-5-14(26)16(28)25-13(18(30)31)4-2-7-23-19(21)22/h11-14,32H,2-10,20H2,1H3,(H,24,27)(H,25,28)(H,30,31)(H4,21,22,23). The minimum atomic E-state index is -1.19. The van der Waals surface area contributed by atoms with Crippen LogP contribution in [0.1, 0.15) is 32.1 Å². The summed E-state index contributed by atoms with van der Waals surface area (Å²) in [6.45, 7) is 0.574. The van der Waals surface area contributed by atoms with Gasteiger partial charge in [-0.1, -0.05) is 0 Å². The molecule has 12 nitrogen and oxygen atoms in total. The van der Waals surface area contributed by atoms with E-state index in [1.165, 1.54) is 16.7 Å². The smallest absolute Gasteiger partial charge is 0.326 e. The summed E-state index contributed by atoms with van der Waals surface area (Å²) < 4.78 is 0. The van der Waals surface area contributed by atoms with Crippen molar-refractivity contribution >= 4 is 54.0 Å². The fourth-order valence-electron chi connectivity index (χ4n) is 3.39. The number of rotatable bonds is 14. The molecule has 0 aromatic heterocycles. The van der Waals surface area contributed by atoms with Gasteiger partial charge in [0.25, 0.3) is 0 Å². The Bertz CT molecular complexity index is 721. The van der Waals surface area contributed by atoms with Gasteiger partial charge in [0.1, 0.15) is 18.1 Å². The zero-order valence-corrected chi connectivity index (χ0v) is 20.4. The monoisotopic (exact) mass is 505 g/mol. The van der Waals surface area contributed by atoms with Crippen molar-refractivity contribution in [2.24, 2.45) is 22.2 Å². The van der Waals surface area contributed by atoms with Gasteiger partial charge in [-0.2, -0.15) is 24.4 Å². The molecule has 0 aliphatic carbocycles. The van der Waals surface area contributed by atoms with Crippen molar-refractivity contribution in [3.63, 3.8) is 0 Å². The molecule has 188 valence electrons. The molecular weight excluding hydrogens is 470 g/mol. The number of nitrogens with two attached hydrogens (primary N) is 3. The molecule has 0 aromatic rings. The van der Waals surface area contributed by atoms with E-state index in [1.54, 1.807) is 0 Å². The number of nitrogens with zero attached hydrogens (tertiary/aromatic N) is 2. The van der Waals surface area contributed by atoms with Crippen molar-refractivity contribution in [3.05, 3.63) is 0 Å². The van der Waals surface area contributed by atoms with Crippen LogP contribution < -0.4 is 27.8 Å². The van der Waals surface area contributed by atoms with E-state index in [1.807, 2.05) is 6.26 Å². The molecule has 14 heteroatoms. The summed E-state index contributed by atoms with van der Waals surface area (Å²) in [6.07, 6.45) is 3.73. The number of likely N-dealkylation sites (tertiary alicyclic amines) is 1. The number of carboxylic acid groups (broad SMARTS) is 1. The predicted octanol–water partition coefficient (Wildman–Crippen LogP) is -1.90. The molecule has 0 spiro atoms. The number of hydrogen-bond acceptors (Lipinski definition) is 8. The third-order valence-corrected chi connectivity index (χ3v) is 6.19. The predicted molar refractivity (Wildman–Crippen MR) is 131 cm³/mol. The van der Waals surface area contributed by atoms with Gasteiger partial charge in [0.2, 0.25) is 17.7 Å². The quantitative estimate of drug-likeness (QED) is 0.0608. The zero-order valence-electron chi connectivity index (χ0n) is 18.7. The summed E-state index contributed by atoms with van der Waals surface area (Å²) in [5.41, 5.74) is 16.2. The summed E-state index contributed by atoms with van der Waals surface area (Å²) in [7, 11) is 0. The Morgan fingerprint density at radius 2 is 1.91 bits per heavy atom. The average molecular weight is 506 g/mol. The van der Waals surface area contributed by atoms with Crippen LogP contribution in [0.4, 0.5) is 0 Å². The van der Waals surface area contributed by atoms with Crippen LogP contribution in [-0.4, -0.2) is 94.7 Å². The first-order valence-electron chi connectivity index (χ1n) is 10.7. The van der Waals surface area contributed by atoms with Crippen LogP contribution in [0.3, 0.4) is 0 Å². The maximum atomic E-state index is 13.2. The van der Waals surface area contributed by atoms with Gasteiger partial charge in [-0.3, -0.25) is 19.4 Å². The van der Waals surface area contributed by atoms with Crippen molar-refractivity contribution in [1.29, 1.82) is 0 Å². The third-order valence-electron chi connectivity index (χ3n) is 5.16. The molecule has 0 bridgehead atoms. The lowest BCUT2D eigenvalue weighted by molar-refractivity contribution is -0.145. The van der Waals surface area contributed by atoms with E-state index in [-0.39, 0.29) is 30.6 Å². The molecule has 1 fully saturated rings. The zero-order chi connectivity index (χ0) is 25.0. The maximum absolute atomic E-state index is 13.2. The Balaban J connectivity index is 2.85. The van der Waals surface area contributed by atoms with Gasteiger partial charge < -0.3 is 37.8 Å². The summed E-state index contributed by atoms with van der Waals surface area (Å²) in [4.78, 5) is 55.1. The molecule has 1 aliphatic heterocycles. The molecule has 1 saturated heterocycles. The summed E-state index contributed by atoms with van der Waals surface area (Å²) in [5.74, 6) is -1.95. The second kappa shape index (κ2) is 14.9. The molecule has 4 unspecified atom stereocenters. The Labute approximate surface area is 203 Å². The molecule has 3 amide bonds. The molecule has 0 aromatic carbocycles. The van der Waals surface area contributed by atoms with Crippen molar-refractivity contribution in [2.45, 2.75) is 56.3 Å². The van der Waals surface area contributed by atoms with Crippen LogP contribution in [0.5, 0.6) is 0 Å². The van der Waals surface area contributed by atoms with Gasteiger partial charge in [-0.05, 0) is 44.1 Å². The van der Waals surface area contributed by atoms with Gasteiger partial charge in [-0.25, -0.2) is 4.79 Å². The molecule has 9 N–H and O–H groups in total. The largest absolute Gasteiger partial charge is 0.480 e. The lowest BCUT2D eigenvalue weighted by Crippen LogP contribution is -2.57. The maximum Gasteiger partial charge on any atom is 0.326 e. The van der Waals surface area contributed by atoms with E-state index in [9.17, 15) is 24.3 Å². The number of amides is 3. The molecule has 0 radical (unpaired) electrons. The SMILES string of the molecule is CSCCC(NC(=O)C(N)CS)C(=O)N1CCCC1C(=O)NC(CCCN=C(N)N)C(=O)O. The molecule has 1 aliphatic rings. The highest BCUT2D eigenvalue weighted by molar-refractivity contribution is 7.98. The van der Waals surface area contributed by atoms with Gasteiger partial charge in [0.15, 0.2) is 5.96 Å². The lowest BCUT2D eigenvalue weighted by atomic mass is 10.1. The highest BCUT2D eigenvalue weighted by Crippen LogP contribution is 2.20. The minimum Gasteiger partial charge on any atom is -0.480 e. The van der Waals surface area contributed by atoms with Crippen LogP contribution in [0.2, 0.25) is 0 Å². The first-order chi connectivity index (χ1) is 15.6. The highest BCUT2D eigenvalue weighted by atomic mass is 32.2. The van der Waals surface area contributed by atoms with Crippen LogP contribution in [0.15, 0.2) is 4.99 Å². The molecule has 0 saturated carbocycles. The number of hydrogen-bond donors (Lipinski definition) is 7. The number of guanidine groups is 1. The molecule has 33 heavy (non-hydrogen) atoms. The van der Waals surface area contributed by atoms with Gasteiger partial charge >= 0.3 is 5.97 Å². The second-order valence-corrected chi connectivity index (χ2v) is 9.02. The van der Waals surface area contributed by atoms with E-state index in [4.69, 9.17) is 17.2 Å². The van der Waals surface area contributed by atoms with E-state index in [0.29, 0.717) is 38.0 Å². The Hall–Kier alpha value is -2.19. The Morgan fingerprint density at radius 3 is 2.48 bits per heavy atom. The average Bonchev–Trinajstić information content (AvgIpc) is 3.27. The topological polar surface area (TPSA) is 206 Å². The Morgan fingerprint density at radius 1 is 1.21 bits per heavy atom. The Kier molecular flexibility index (Phi) is 13.0. The van der Waals surface area contributed by atoms with Crippen LogP contribution in [0, 0.1) is 0 Å². The molecular formula is C19H35N7O5S2. The van der Waals surface area contributed by atoms with Crippen molar-refractivity contribution in [1.82, 2.24) is 15.5 Å². The fourth-order valence-corrected chi connectivity index (χ4v) is 4.02. The van der Waals surface area contributed by atoms with Crippen molar-refractivity contribution < 1.29 is 24.3 Å². The number of nitrogens with one attached hydrogen (secondary N) is 2. The highest BCUT2D eigenvalue weighted by Gasteiger charge is 2.38. The van der Waals surface area contributed by atoms with Crippen LogP contribution in [-0.2, 0) is 19.2 Å². The number of carboxylic acids is 1. The van der Waals surface area contributed by atoms with E-state index in [2.05, 4.69) is 28.3 Å². The fraction of sp³-hybridized carbons (Fsp3) is 0.737. The minimum absolute atomic E-state index is 0.0931. The number of aliphatic carboxylic acids is 1. The van der Waals surface area contributed by atoms with Gasteiger partial charge in [-0.15, -0.1) is 0 Å². The van der Waals surface area contributed by atoms with Crippen molar-refractivity contribution in [3.8, 4) is 0 Å². The number of aliphatic imine (C=N–C) groups is 1. The summed E-state index contributed by atoms with van der Waals surface area (Å²) >= 11 is 5.53. The number of carbonyl (C=O) groups excluding carboxylic acids is 3. The van der Waals surface area contributed by atoms with Gasteiger partial charge in [0, 0.05) is 18.8 Å². The lowest BCUT2D eigenvalue weighted by Gasteiger charge is -2.30. The number of carbonyl (C=O) groups is 4. The van der Waals surface area contributed by atoms with Crippen LogP contribution in [0.25, 0.3) is 0 Å². The van der Waals surface area contributed by atoms with Crippen molar-refractivity contribution in [2.75, 3.05) is 30.9 Å². The molecule has 1 heterocycles. The third kappa shape index (κ3) is 9.68. The number of thioether (sulfide) groups is 1. The van der Waals surface area contributed by atoms with E-state index in [0.717, 1.165) is 0 Å². The van der Waals surface area contributed by atoms with Crippen LogP contribution >= 0.6 is 24.4 Å². The van der Waals surface area contributed by atoms with E-state index >= 15 is 0 Å². The second-order valence-electron chi connectivity index (χ2n) is 7.67. The summed E-state index contributed by atoms with van der Waals surface area (Å²) in [6, 6.07) is -3.64. The van der Waals surface area contributed by atoms with Gasteiger partial charge in [0.05, 0.1) is 6.04 Å². The first kappa shape index (κ1) is 28.8. The normalized spacial score (nSPS) is 18.2. The first-order valence-corrected chi connectivity index (χ1v) is 12.7. The molecule has 4 atom stereocenters. The van der Waals surface area contributed by atoms with E-state index < -0.39 is 42.0 Å².